The van der Waals surface area contributed by atoms with Gasteiger partial charge in [-0.15, -0.1) is 0 Å². The highest BCUT2D eigenvalue weighted by Crippen LogP contribution is 2.35. The van der Waals surface area contributed by atoms with Crippen molar-refractivity contribution in [2.45, 2.75) is 4.90 Å². The largest absolute Gasteiger partial charge is 0.505 e. The van der Waals surface area contributed by atoms with Gasteiger partial charge in [0.25, 0.3) is 10.1 Å². The van der Waals surface area contributed by atoms with Gasteiger partial charge in [0.2, 0.25) is 5.78 Å². The first-order chi connectivity index (χ1) is 11.4. The number of hydrogen-bond donors (Lipinski definition) is 3. The fraction of sp³-hybridized carbons (Fsp3) is 0. The van der Waals surface area contributed by atoms with Crippen molar-refractivity contribution in [2.24, 2.45) is 4.99 Å². The quantitative estimate of drug-likeness (QED) is 0.618. The van der Waals surface area contributed by atoms with Crippen LogP contribution in [0, 0.1) is 0 Å². The Balaban J connectivity index is 1.91. The minimum atomic E-state index is -4.40. The molecule has 0 radical (unpaired) electrons. The normalized spacial score (nSPS) is 14.0. The summed E-state index contributed by atoms with van der Waals surface area (Å²) in [6, 6.07) is 10.5. The lowest BCUT2D eigenvalue weighted by Gasteiger charge is -1.98. The molecule has 1 aliphatic rings. The van der Waals surface area contributed by atoms with Gasteiger partial charge in [-0.3, -0.25) is 9.35 Å². The molecule has 0 fully saturated rings. The molecule has 8 heteroatoms. The van der Waals surface area contributed by atoms with E-state index >= 15 is 0 Å². The van der Waals surface area contributed by atoms with Gasteiger partial charge in [0.05, 0.1) is 10.6 Å². The second kappa shape index (κ2) is 4.76. The molecule has 0 spiro atoms. The number of nitrogens with zero attached hydrogens (tertiary/aromatic N) is 1. The molecule has 2 aromatic carbocycles. The van der Waals surface area contributed by atoms with E-state index < -0.39 is 10.1 Å². The van der Waals surface area contributed by atoms with Gasteiger partial charge >= 0.3 is 0 Å². The Kier molecular flexibility index (Phi) is 2.90. The molecular formula is C16H10N2O5S. The average molecular weight is 342 g/mol. The summed E-state index contributed by atoms with van der Waals surface area (Å²) in [6.07, 6.45) is 0. The van der Waals surface area contributed by atoms with E-state index in [4.69, 9.17) is 4.55 Å². The second-order valence-electron chi connectivity index (χ2n) is 5.34. The number of aromatic hydroxyl groups is 1. The maximum atomic E-state index is 12.5. The molecule has 24 heavy (non-hydrogen) atoms. The molecule has 0 unspecified atom stereocenters. The molecule has 0 bridgehead atoms. The number of Topliss-reactive ketones (excluding diaryl/α,β-unsaturated/α-hetero) is 1. The van der Waals surface area contributed by atoms with Crippen molar-refractivity contribution in [3.05, 3.63) is 53.7 Å². The van der Waals surface area contributed by atoms with Gasteiger partial charge < -0.3 is 10.1 Å². The van der Waals surface area contributed by atoms with Gasteiger partial charge in [-0.25, -0.2) is 4.99 Å². The molecule has 2 heterocycles. The smallest absolute Gasteiger partial charge is 0.294 e. The molecule has 0 aliphatic carbocycles. The number of hydrogen-bond acceptors (Lipinski definition) is 5. The van der Waals surface area contributed by atoms with Crippen molar-refractivity contribution in [1.29, 1.82) is 0 Å². The van der Waals surface area contributed by atoms with Gasteiger partial charge in [0.15, 0.2) is 5.75 Å². The molecule has 120 valence electrons. The molecule has 3 aromatic rings. The zero-order valence-corrected chi connectivity index (χ0v) is 12.8. The number of carbonyl (C=O) groups is 1. The number of benzene rings is 2. The first kappa shape index (κ1) is 14.6. The number of ketones is 1. The zero-order chi connectivity index (χ0) is 17.1. The fourth-order valence-electron chi connectivity index (χ4n) is 2.72. The lowest BCUT2D eigenvalue weighted by atomic mass is 10.1. The standard InChI is InChI=1S/C16H10N2O5S/c19-15-9-3-1-2-4-11(9)17-13(15)14-16(20)10-7-8(24(21,22)23)5-6-12(10)18-14/h1-7,18,20H,(H,21,22,23). The number of aliphatic imine (C=N–C) groups is 1. The van der Waals surface area contributed by atoms with E-state index in [1.807, 2.05) is 0 Å². The number of aromatic amines is 1. The number of para-hydroxylation sites is 1. The summed E-state index contributed by atoms with van der Waals surface area (Å²) in [5.41, 5.74) is 1.52. The lowest BCUT2D eigenvalue weighted by molar-refractivity contribution is 0.106. The van der Waals surface area contributed by atoms with Crippen LogP contribution in [0.1, 0.15) is 16.1 Å². The Morgan fingerprint density at radius 3 is 2.54 bits per heavy atom. The van der Waals surface area contributed by atoms with Crippen molar-refractivity contribution in [2.75, 3.05) is 0 Å². The van der Waals surface area contributed by atoms with Crippen LogP contribution in [0.3, 0.4) is 0 Å². The van der Waals surface area contributed by atoms with Gasteiger partial charge in [0, 0.05) is 16.5 Å². The predicted molar refractivity (Wildman–Crippen MR) is 86.7 cm³/mol. The summed E-state index contributed by atoms with van der Waals surface area (Å²) in [5, 5.41) is 10.6. The predicted octanol–water partition coefficient (Wildman–Crippen LogP) is 2.44. The molecule has 0 saturated carbocycles. The number of fused-ring (bicyclic) bond motifs is 2. The number of rotatable bonds is 2. The van der Waals surface area contributed by atoms with Crippen LogP contribution < -0.4 is 0 Å². The Morgan fingerprint density at radius 2 is 1.83 bits per heavy atom. The number of H-pyrrole nitrogens is 1. The van der Waals surface area contributed by atoms with Gasteiger partial charge in [-0.2, -0.15) is 8.42 Å². The average Bonchev–Trinajstić information content (AvgIpc) is 3.05. The van der Waals surface area contributed by atoms with Crippen LogP contribution in [-0.2, 0) is 10.1 Å². The van der Waals surface area contributed by atoms with Crippen molar-refractivity contribution < 1.29 is 22.9 Å². The second-order valence-corrected chi connectivity index (χ2v) is 6.76. The van der Waals surface area contributed by atoms with Crippen molar-refractivity contribution in [3.8, 4) is 5.75 Å². The highest BCUT2D eigenvalue weighted by molar-refractivity contribution is 7.85. The molecule has 7 nitrogen and oxygen atoms in total. The summed E-state index contributed by atoms with van der Waals surface area (Å²) in [6.45, 7) is 0. The van der Waals surface area contributed by atoms with Gasteiger partial charge in [0.1, 0.15) is 11.4 Å². The Hall–Kier alpha value is -2.97. The topological polar surface area (TPSA) is 120 Å². The summed E-state index contributed by atoms with van der Waals surface area (Å²) in [5.74, 6) is -0.627. The van der Waals surface area contributed by atoms with Crippen LogP contribution in [0.2, 0.25) is 0 Å². The SMILES string of the molecule is O=C1C(c2[nH]c3ccc(S(=O)(=O)O)cc3c2O)=Nc2ccccc21. The Labute approximate surface area is 136 Å². The molecule has 3 N–H and O–H groups in total. The summed E-state index contributed by atoms with van der Waals surface area (Å²) in [4.78, 5) is 19.2. The maximum Gasteiger partial charge on any atom is 0.294 e. The fourth-order valence-corrected chi connectivity index (χ4v) is 3.23. The molecule has 1 aromatic heterocycles. The summed E-state index contributed by atoms with van der Waals surface area (Å²) < 4.78 is 31.6. The molecule has 0 amide bonds. The van der Waals surface area contributed by atoms with Crippen LogP contribution in [0.15, 0.2) is 52.4 Å². The molecule has 0 saturated heterocycles. The number of carbonyl (C=O) groups excluding carboxylic acids is 1. The molecule has 4 rings (SSSR count). The first-order valence-corrected chi connectivity index (χ1v) is 8.35. The van der Waals surface area contributed by atoms with Crippen LogP contribution in [0.5, 0.6) is 5.75 Å². The highest BCUT2D eigenvalue weighted by atomic mass is 32.2. The van der Waals surface area contributed by atoms with Crippen LogP contribution >= 0.6 is 0 Å². The minimum Gasteiger partial charge on any atom is -0.505 e. The van der Waals surface area contributed by atoms with E-state index in [0.717, 1.165) is 6.07 Å². The van der Waals surface area contributed by atoms with Crippen molar-refractivity contribution >= 4 is 38.2 Å². The number of nitrogens with one attached hydrogen (secondary N) is 1. The third-order valence-corrected chi connectivity index (χ3v) is 4.72. The van der Waals surface area contributed by atoms with E-state index in [2.05, 4.69) is 9.98 Å². The molecular weight excluding hydrogens is 332 g/mol. The van der Waals surface area contributed by atoms with Gasteiger partial charge in [-0.05, 0) is 30.3 Å². The van der Waals surface area contributed by atoms with E-state index in [1.165, 1.54) is 12.1 Å². The van der Waals surface area contributed by atoms with Crippen LogP contribution in [-0.4, -0.2) is 34.6 Å². The van der Waals surface area contributed by atoms with Crippen LogP contribution in [0.4, 0.5) is 5.69 Å². The highest BCUT2D eigenvalue weighted by Gasteiger charge is 2.29. The first-order valence-electron chi connectivity index (χ1n) is 6.91. The maximum absolute atomic E-state index is 12.5. The molecule has 1 aliphatic heterocycles. The number of aromatic nitrogens is 1. The zero-order valence-electron chi connectivity index (χ0n) is 12.0. The van der Waals surface area contributed by atoms with Crippen molar-refractivity contribution in [3.63, 3.8) is 0 Å². The summed E-state index contributed by atoms with van der Waals surface area (Å²) >= 11 is 0. The molecule has 0 atom stereocenters. The third kappa shape index (κ3) is 2.04. The van der Waals surface area contributed by atoms with E-state index in [-0.39, 0.29) is 33.2 Å². The Bertz CT molecular complexity index is 1160. The third-order valence-electron chi connectivity index (χ3n) is 3.87. The monoisotopic (exact) mass is 342 g/mol. The minimum absolute atomic E-state index is 0.0540. The van der Waals surface area contributed by atoms with Crippen LogP contribution in [0.25, 0.3) is 10.9 Å². The van der Waals surface area contributed by atoms with E-state index in [1.54, 1.807) is 24.3 Å². The Morgan fingerprint density at radius 1 is 1.08 bits per heavy atom. The lowest BCUT2D eigenvalue weighted by Crippen LogP contribution is -2.11. The summed E-state index contributed by atoms with van der Waals surface area (Å²) in [7, 11) is -4.40. The van der Waals surface area contributed by atoms with E-state index in [0.29, 0.717) is 16.8 Å². The van der Waals surface area contributed by atoms with Crippen molar-refractivity contribution in [1.82, 2.24) is 4.98 Å². The van der Waals surface area contributed by atoms with E-state index in [9.17, 15) is 18.3 Å². The van der Waals surface area contributed by atoms with Gasteiger partial charge in [-0.1, -0.05) is 12.1 Å².